The third kappa shape index (κ3) is 2.37. The molecular formula is C15H14ClFOS. The monoisotopic (exact) mass is 296 g/mol. The van der Waals surface area contributed by atoms with Crippen LogP contribution in [-0.2, 0) is 12.8 Å². The predicted molar refractivity (Wildman–Crippen MR) is 77.0 cm³/mol. The van der Waals surface area contributed by atoms with Gasteiger partial charge in [0.05, 0.1) is 12.5 Å². The first kappa shape index (κ1) is 12.9. The summed E-state index contributed by atoms with van der Waals surface area (Å²) >= 11 is 8.14. The maximum absolute atomic E-state index is 14.0. The van der Waals surface area contributed by atoms with E-state index in [0.29, 0.717) is 11.3 Å². The molecule has 19 heavy (non-hydrogen) atoms. The fourth-order valence-corrected chi connectivity index (χ4v) is 4.10. The first-order valence-corrected chi connectivity index (χ1v) is 7.53. The summed E-state index contributed by atoms with van der Waals surface area (Å²) in [5, 5.41) is -0.415. The van der Waals surface area contributed by atoms with Gasteiger partial charge in [-0.3, -0.25) is 0 Å². The molecule has 2 aromatic rings. The van der Waals surface area contributed by atoms with Crippen LogP contribution in [0.15, 0.2) is 24.3 Å². The van der Waals surface area contributed by atoms with Gasteiger partial charge in [-0.2, -0.15) is 0 Å². The van der Waals surface area contributed by atoms with Crippen molar-refractivity contribution in [2.24, 2.45) is 0 Å². The molecule has 4 heteroatoms. The van der Waals surface area contributed by atoms with Crippen molar-refractivity contribution in [3.05, 3.63) is 51.0 Å². The van der Waals surface area contributed by atoms with Crippen LogP contribution in [0.25, 0.3) is 0 Å². The molecule has 3 rings (SSSR count). The van der Waals surface area contributed by atoms with E-state index < -0.39 is 5.38 Å². The molecule has 0 N–H and O–H groups in total. The Morgan fingerprint density at radius 1 is 1.32 bits per heavy atom. The summed E-state index contributed by atoms with van der Waals surface area (Å²) in [5.74, 6) is 0.201. The van der Waals surface area contributed by atoms with Crippen molar-refractivity contribution in [3.63, 3.8) is 0 Å². The maximum atomic E-state index is 14.0. The van der Waals surface area contributed by atoms with Crippen LogP contribution in [0.3, 0.4) is 0 Å². The lowest BCUT2D eigenvalue weighted by Gasteiger charge is -2.10. The highest BCUT2D eigenvalue weighted by Crippen LogP contribution is 2.40. The predicted octanol–water partition coefficient (Wildman–Crippen LogP) is 4.71. The number of aryl methyl sites for hydroxylation is 2. The Kier molecular flexibility index (Phi) is 3.50. The molecule has 0 saturated heterocycles. The molecule has 1 aromatic carbocycles. The van der Waals surface area contributed by atoms with Crippen LogP contribution in [0, 0.1) is 5.82 Å². The zero-order valence-electron chi connectivity index (χ0n) is 10.6. The van der Waals surface area contributed by atoms with Gasteiger partial charge < -0.3 is 4.74 Å². The molecule has 0 radical (unpaired) electrons. The first-order chi connectivity index (χ1) is 9.19. The lowest BCUT2D eigenvalue weighted by Crippen LogP contribution is -1.96. The van der Waals surface area contributed by atoms with Gasteiger partial charge in [0.1, 0.15) is 11.6 Å². The minimum Gasteiger partial charge on any atom is -0.497 e. The minimum atomic E-state index is -0.415. The number of methoxy groups -OCH3 is 1. The molecule has 0 saturated carbocycles. The van der Waals surface area contributed by atoms with Crippen LogP contribution in [0.4, 0.5) is 4.39 Å². The summed E-state index contributed by atoms with van der Waals surface area (Å²) in [6.07, 6.45) is 3.49. The Labute approximate surface area is 121 Å². The molecule has 1 aliphatic carbocycles. The van der Waals surface area contributed by atoms with Gasteiger partial charge in [-0.05, 0) is 37.0 Å². The average molecular weight is 297 g/mol. The number of thiophene rings is 1. The number of hydrogen-bond acceptors (Lipinski definition) is 2. The first-order valence-electron chi connectivity index (χ1n) is 6.28. The molecule has 1 nitrogen and oxygen atoms in total. The molecule has 0 fully saturated rings. The molecular weight excluding hydrogens is 283 g/mol. The molecule has 0 aliphatic heterocycles. The third-order valence-corrected chi connectivity index (χ3v) is 5.40. The van der Waals surface area contributed by atoms with Gasteiger partial charge in [0.2, 0.25) is 0 Å². The number of halogens is 2. The van der Waals surface area contributed by atoms with E-state index in [-0.39, 0.29) is 5.82 Å². The van der Waals surface area contributed by atoms with E-state index >= 15 is 0 Å². The van der Waals surface area contributed by atoms with Crippen molar-refractivity contribution < 1.29 is 9.13 Å². The standard InChI is InChI=1S/C15H14ClFOS/c1-18-10-5-6-11(12(17)8-10)15(16)14-7-9-3-2-4-13(9)19-14/h5-8,15H,2-4H2,1H3. The van der Waals surface area contributed by atoms with Gasteiger partial charge in [-0.15, -0.1) is 22.9 Å². The van der Waals surface area contributed by atoms with Gasteiger partial charge in [0, 0.05) is 21.4 Å². The van der Waals surface area contributed by atoms with Crippen LogP contribution in [-0.4, -0.2) is 7.11 Å². The van der Waals surface area contributed by atoms with Crippen molar-refractivity contribution in [2.75, 3.05) is 7.11 Å². The highest BCUT2D eigenvalue weighted by molar-refractivity contribution is 7.12. The Morgan fingerprint density at radius 2 is 2.16 bits per heavy atom. The summed E-state index contributed by atoms with van der Waals surface area (Å²) in [6, 6.07) is 6.96. The summed E-state index contributed by atoms with van der Waals surface area (Å²) in [7, 11) is 1.52. The van der Waals surface area contributed by atoms with E-state index in [0.717, 1.165) is 17.7 Å². The molecule has 0 amide bonds. The number of ether oxygens (including phenoxy) is 1. The number of fused-ring (bicyclic) bond motifs is 1. The average Bonchev–Trinajstić information content (AvgIpc) is 2.98. The van der Waals surface area contributed by atoms with Crippen LogP contribution < -0.4 is 4.74 Å². The van der Waals surface area contributed by atoms with E-state index in [1.807, 2.05) is 0 Å². The molecule has 1 heterocycles. The van der Waals surface area contributed by atoms with Crippen molar-refractivity contribution in [1.82, 2.24) is 0 Å². The molecule has 1 unspecified atom stereocenters. The van der Waals surface area contributed by atoms with Crippen molar-refractivity contribution in [1.29, 1.82) is 0 Å². The van der Waals surface area contributed by atoms with Crippen molar-refractivity contribution >= 4 is 22.9 Å². The SMILES string of the molecule is COc1ccc(C(Cl)c2cc3c(s2)CCC3)c(F)c1. The zero-order valence-corrected chi connectivity index (χ0v) is 12.2. The molecule has 1 aliphatic rings. The second-order valence-electron chi connectivity index (χ2n) is 4.70. The van der Waals surface area contributed by atoms with Crippen LogP contribution in [0.2, 0.25) is 0 Å². The molecule has 1 aromatic heterocycles. The Hall–Kier alpha value is -1.06. The molecule has 0 spiro atoms. The number of rotatable bonds is 3. The Balaban J connectivity index is 1.92. The molecule has 0 bridgehead atoms. The van der Waals surface area contributed by atoms with E-state index in [2.05, 4.69) is 6.07 Å². The lowest BCUT2D eigenvalue weighted by atomic mass is 10.1. The lowest BCUT2D eigenvalue weighted by molar-refractivity contribution is 0.411. The largest absolute Gasteiger partial charge is 0.497 e. The number of benzene rings is 1. The second-order valence-corrected chi connectivity index (χ2v) is 6.31. The fourth-order valence-electron chi connectivity index (χ4n) is 2.47. The van der Waals surface area contributed by atoms with Gasteiger partial charge in [0.15, 0.2) is 0 Å². The third-order valence-electron chi connectivity index (χ3n) is 3.50. The van der Waals surface area contributed by atoms with Crippen molar-refractivity contribution in [3.8, 4) is 5.75 Å². The minimum absolute atomic E-state index is 0.312. The zero-order chi connectivity index (χ0) is 13.4. The topological polar surface area (TPSA) is 9.23 Å². The summed E-state index contributed by atoms with van der Waals surface area (Å²) < 4.78 is 19.0. The highest BCUT2D eigenvalue weighted by atomic mass is 35.5. The van der Waals surface area contributed by atoms with Crippen LogP contribution in [0.5, 0.6) is 5.75 Å². The molecule has 1 atom stereocenters. The highest BCUT2D eigenvalue weighted by Gasteiger charge is 2.22. The van der Waals surface area contributed by atoms with Gasteiger partial charge in [-0.25, -0.2) is 4.39 Å². The summed E-state index contributed by atoms with van der Waals surface area (Å²) in [4.78, 5) is 2.45. The van der Waals surface area contributed by atoms with E-state index in [1.165, 1.54) is 30.0 Å². The fraction of sp³-hybridized carbons (Fsp3) is 0.333. The van der Waals surface area contributed by atoms with Crippen LogP contribution >= 0.6 is 22.9 Å². The van der Waals surface area contributed by atoms with E-state index in [9.17, 15) is 4.39 Å². The quantitative estimate of drug-likeness (QED) is 0.745. The Morgan fingerprint density at radius 3 is 2.84 bits per heavy atom. The smallest absolute Gasteiger partial charge is 0.131 e. The maximum Gasteiger partial charge on any atom is 0.131 e. The van der Waals surface area contributed by atoms with E-state index in [1.54, 1.807) is 23.5 Å². The summed E-state index contributed by atoms with van der Waals surface area (Å²) in [5.41, 5.74) is 1.90. The van der Waals surface area contributed by atoms with Gasteiger partial charge >= 0.3 is 0 Å². The normalized spacial score (nSPS) is 15.3. The summed E-state index contributed by atoms with van der Waals surface area (Å²) in [6.45, 7) is 0. The van der Waals surface area contributed by atoms with Gasteiger partial charge in [0.25, 0.3) is 0 Å². The van der Waals surface area contributed by atoms with E-state index in [4.69, 9.17) is 16.3 Å². The second kappa shape index (κ2) is 5.14. The van der Waals surface area contributed by atoms with Gasteiger partial charge in [-0.1, -0.05) is 6.07 Å². The van der Waals surface area contributed by atoms with Crippen LogP contribution in [0.1, 0.15) is 32.7 Å². The molecule has 100 valence electrons. The number of hydrogen-bond donors (Lipinski definition) is 0. The number of alkyl halides is 1. The van der Waals surface area contributed by atoms with Crippen molar-refractivity contribution in [2.45, 2.75) is 24.6 Å². The Bertz CT molecular complexity index is 587.